The molecule has 0 bridgehead atoms. The molecular formula is C13H15BrN4O. The number of ether oxygens (including phenoxy) is 1. The third-order valence-electron chi connectivity index (χ3n) is 3.37. The molecule has 19 heavy (non-hydrogen) atoms. The van der Waals surface area contributed by atoms with Crippen molar-refractivity contribution >= 4 is 21.7 Å². The summed E-state index contributed by atoms with van der Waals surface area (Å²) in [6.45, 7) is 1.63. The predicted molar refractivity (Wildman–Crippen MR) is 76.7 cm³/mol. The Morgan fingerprint density at radius 1 is 1.26 bits per heavy atom. The molecule has 0 radical (unpaired) electrons. The van der Waals surface area contributed by atoms with Crippen molar-refractivity contribution in [1.29, 1.82) is 0 Å². The van der Waals surface area contributed by atoms with Crippen molar-refractivity contribution < 1.29 is 4.74 Å². The van der Waals surface area contributed by atoms with Crippen LogP contribution >= 0.6 is 15.9 Å². The van der Waals surface area contributed by atoms with E-state index in [9.17, 15) is 0 Å². The van der Waals surface area contributed by atoms with E-state index in [2.05, 4.69) is 32.2 Å². The Labute approximate surface area is 119 Å². The molecule has 3 rings (SSSR count). The molecule has 0 atom stereocenters. The van der Waals surface area contributed by atoms with Crippen LogP contribution in [0.3, 0.4) is 0 Å². The van der Waals surface area contributed by atoms with Gasteiger partial charge in [-0.2, -0.15) is 5.10 Å². The van der Waals surface area contributed by atoms with E-state index in [-0.39, 0.29) is 0 Å². The molecule has 0 saturated carbocycles. The van der Waals surface area contributed by atoms with E-state index >= 15 is 0 Å². The summed E-state index contributed by atoms with van der Waals surface area (Å²) in [6, 6.07) is 2.40. The fourth-order valence-electron chi connectivity index (χ4n) is 2.24. The number of halogens is 1. The van der Waals surface area contributed by atoms with Crippen LogP contribution in [0.15, 0.2) is 29.1 Å². The third-order valence-corrected chi connectivity index (χ3v) is 4.00. The Kier molecular flexibility index (Phi) is 3.52. The lowest BCUT2D eigenvalue weighted by Gasteiger charge is -2.22. The Morgan fingerprint density at radius 3 is 2.79 bits per heavy atom. The molecule has 0 amide bonds. The molecular weight excluding hydrogens is 308 g/mol. The Hall–Kier alpha value is -1.40. The highest BCUT2D eigenvalue weighted by atomic mass is 79.9. The van der Waals surface area contributed by atoms with Crippen molar-refractivity contribution in [2.24, 2.45) is 0 Å². The summed E-state index contributed by atoms with van der Waals surface area (Å²) in [5.74, 6) is 0.501. The number of nitrogen functional groups attached to an aromatic ring is 1. The first-order valence-electron chi connectivity index (χ1n) is 6.27. The van der Waals surface area contributed by atoms with Gasteiger partial charge in [-0.25, -0.2) is 4.98 Å². The van der Waals surface area contributed by atoms with Crippen molar-refractivity contribution in [3.05, 3.63) is 29.1 Å². The van der Waals surface area contributed by atoms with Gasteiger partial charge in [0.2, 0.25) is 0 Å². The van der Waals surface area contributed by atoms with Gasteiger partial charge in [-0.05, 0) is 34.8 Å². The summed E-state index contributed by atoms with van der Waals surface area (Å²) in [4.78, 5) is 4.15. The number of pyridine rings is 1. The van der Waals surface area contributed by atoms with Crippen LogP contribution in [-0.4, -0.2) is 28.0 Å². The highest BCUT2D eigenvalue weighted by Gasteiger charge is 2.16. The maximum absolute atomic E-state index is 5.70. The van der Waals surface area contributed by atoms with Crippen LogP contribution in [0.5, 0.6) is 0 Å². The molecule has 1 saturated heterocycles. The normalized spacial score (nSPS) is 16.7. The van der Waals surface area contributed by atoms with E-state index in [0.29, 0.717) is 11.9 Å². The van der Waals surface area contributed by atoms with Gasteiger partial charge in [0.1, 0.15) is 5.82 Å². The largest absolute Gasteiger partial charge is 0.383 e. The first-order valence-corrected chi connectivity index (χ1v) is 7.06. The second kappa shape index (κ2) is 5.30. The fraction of sp³-hybridized carbons (Fsp3) is 0.385. The lowest BCUT2D eigenvalue weighted by molar-refractivity contribution is 0.0662. The summed E-state index contributed by atoms with van der Waals surface area (Å²) in [6.07, 6.45) is 7.74. The lowest BCUT2D eigenvalue weighted by Crippen LogP contribution is -2.19. The molecule has 100 valence electrons. The van der Waals surface area contributed by atoms with Crippen LogP contribution in [0.25, 0.3) is 11.1 Å². The van der Waals surface area contributed by atoms with Crippen molar-refractivity contribution in [1.82, 2.24) is 14.8 Å². The smallest absolute Gasteiger partial charge is 0.137 e. The highest BCUT2D eigenvalue weighted by molar-refractivity contribution is 9.10. The van der Waals surface area contributed by atoms with Gasteiger partial charge in [-0.3, -0.25) is 4.68 Å². The SMILES string of the molecule is Nc1ncc(-c2cnn(C3CCOCC3)c2)cc1Br. The van der Waals surface area contributed by atoms with Gasteiger partial charge in [0.25, 0.3) is 0 Å². The maximum Gasteiger partial charge on any atom is 0.137 e. The standard InChI is InChI=1S/C13H15BrN4O/c14-12-5-9(6-16-13(12)15)10-7-17-18(8-10)11-1-3-19-4-2-11/h5-8,11H,1-4H2,(H2,15,16). The van der Waals surface area contributed by atoms with Gasteiger partial charge in [0.05, 0.1) is 16.7 Å². The minimum absolute atomic E-state index is 0.438. The van der Waals surface area contributed by atoms with E-state index in [1.54, 1.807) is 6.20 Å². The molecule has 0 spiro atoms. The third kappa shape index (κ3) is 2.64. The van der Waals surface area contributed by atoms with Crippen LogP contribution < -0.4 is 5.73 Å². The number of anilines is 1. The number of hydrogen-bond acceptors (Lipinski definition) is 4. The molecule has 1 fully saturated rings. The van der Waals surface area contributed by atoms with E-state index in [4.69, 9.17) is 10.5 Å². The van der Waals surface area contributed by atoms with Crippen molar-refractivity contribution in [2.75, 3.05) is 18.9 Å². The van der Waals surface area contributed by atoms with E-state index in [1.165, 1.54) is 0 Å². The average molecular weight is 323 g/mol. The molecule has 2 aromatic rings. The van der Waals surface area contributed by atoms with Gasteiger partial charge in [0.15, 0.2) is 0 Å². The molecule has 1 aliphatic heterocycles. The zero-order valence-electron chi connectivity index (χ0n) is 10.4. The number of hydrogen-bond donors (Lipinski definition) is 1. The van der Waals surface area contributed by atoms with E-state index < -0.39 is 0 Å². The summed E-state index contributed by atoms with van der Waals surface area (Å²) in [5.41, 5.74) is 7.76. The summed E-state index contributed by atoms with van der Waals surface area (Å²) < 4.78 is 8.21. The molecule has 0 aliphatic carbocycles. The number of nitrogens with zero attached hydrogens (tertiary/aromatic N) is 3. The number of rotatable bonds is 2. The summed E-state index contributed by atoms with van der Waals surface area (Å²) >= 11 is 3.40. The lowest BCUT2D eigenvalue weighted by atomic mass is 10.1. The number of nitrogens with two attached hydrogens (primary N) is 1. The van der Waals surface area contributed by atoms with Crippen molar-refractivity contribution in [2.45, 2.75) is 18.9 Å². The van der Waals surface area contributed by atoms with Gasteiger partial charge >= 0.3 is 0 Å². The van der Waals surface area contributed by atoms with Crippen LogP contribution in [-0.2, 0) is 4.74 Å². The molecule has 3 heterocycles. The monoisotopic (exact) mass is 322 g/mol. The van der Waals surface area contributed by atoms with E-state index in [0.717, 1.165) is 41.7 Å². The zero-order chi connectivity index (χ0) is 13.2. The Balaban J connectivity index is 1.85. The molecule has 0 unspecified atom stereocenters. The van der Waals surface area contributed by atoms with Gasteiger partial charge in [-0.15, -0.1) is 0 Å². The summed E-state index contributed by atoms with van der Waals surface area (Å²) in [5, 5.41) is 4.46. The second-order valence-corrected chi connectivity index (χ2v) is 5.50. The molecule has 6 heteroatoms. The quantitative estimate of drug-likeness (QED) is 0.923. The van der Waals surface area contributed by atoms with Crippen LogP contribution in [0.4, 0.5) is 5.82 Å². The average Bonchev–Trinajstić information content (AvgIpc) is 2.93. The molecule has 2 N–H and O–H groups in total. The second-order valence-electron chi connectivity index (χ2n) is 4.64. The van der Waals surface area contributed by atoms with Gasteiger partial charge in [0, 0.05) is 36.7 Å². The van der Waals surface area contributed by atoms with Crippen molar-refractivity contribution in [3.8, 4) is 11.1 Å². The first kappa shape index (κ1) is 12.6. The predicted octanol–water partition coefficient (Wildman–Crippen LogP) is 2.64. The Morgan fingerprint density at radius 2 is 2.05 bits per heavy atom. The molecule has 0 aromatic carbocycles. The van der Waals surface area contributed by atoms with Crippen LogP contribution in [0.2, 0.25) is 0 Å². The van der Waals surface area contributed by atoms with E-state index in [1.807, 2.05) is 16.9 Å². The maximum atomic E-state index is 5.70. The topological polar surface area (TPSA) is 66.0 Å². The van der Waals surface area contributed by atoms with Gasteiger partial charge in [-0.1, -0.05) is 0 Å². The van der Waals surface area contributed by atoms with Crippen LogP contribution in [0, 0.1) is 0 Å². The van der Waals surface area contributed by atoms with Crippen molar-refractivity contribution in [3.63, 3.8) is 0 Å². The first-order chi connectivity index (χ1) is 9.24. The minimum Gasteiger partial charge on any atom is -0.383 e. The summed E-state index contributed by atoms with van der Waals surface area (Å²) in [7, 11) is 0. The molecule has 1 aliphatic rings. The zero-order valence-corrected chi connectivity index (χ0v) is 12.0. The van der Waals surface area contributed by atoms with Gasteiger partial charge < -0.3 is 10.5 Å². The minimum atomic E-state index is 0.438. The Bertz CT molecular complexity index is 578. The molecule has 5 nitrogen and oxygen atoms in total. The number of aromatic nitrogens is 3. The van der Waals surface area contributed by atoms with Crippen LogP contribution in [0.1, 0.15) is 18.9 Å². The fourth-order valence-corrected chi connectivity index (χ4v) is 2.59. The highest BCUT2D eigenvalue weighted by Crippen LogP contribution is 2.27. The molecule has 2 aromatic heterocycles.